The molecule has 1 aliphatic heterocycles. The van der Waals surface area contributed by atoms with E-state index in [-0.39, 0.29) is 6.10 Å². The van der Waals surface area contributed by atoms with E-state index >= 15 is 0 Å². The number of hydrogen-bond acceptors (Lipinski definition) is 3. The molecule has 1 aliphatic rings. The Morgan fingerprint density at radius 2 is 2.14 bits per heavy atom. The van der Waals surface area contributed by atoms with Crippen LogP contribution in [0.25, 0.3) is 0 Å². The van der Waals surface area contributed by atoms with Gasteiger partial charge in [-0.2, -0.15) is 0 Å². The Bertz CT molecular complexity index is 456. The fourth-order valence-corrected chi connectivity index (χ4v) is 3.09. The first kappa shape index (κ1) is 17.1. The maximum Gasteiger partial charge on any atom is 0.138 e. The zero-order valence-corrected chi connectivity index (χ0v) is 14.9. The highest BCUT2D eigenvalue weighted by Gasteiger charge is 2.25. The van der Waals surface area contributed by atoms with Crippen LogP contribution in [0.4, 0.5) is 0 Å². The van der Waals surface area contributed by atoms with Crippen molar-refractivity contribution in [3.8, 4) is 5.75 Å². The Morgan fingerprint density at radius 3 is 2.86 bits per heavy atom. The predicted octanol–water partition coefficient (Wildman–Crippen LogP) is 4.27. The van der Waals surface area contributed by atoms with Crippen LogP contribution >= 0.6 is 27.5 Å². The Morgan fingerprint density at radius 1 is 1.38 bits per heavy atom. The second-order valence-electron chi connectivity index (χ2n) is 5.90. The smallest absolute Gasteiger partial charge is 0.138 e. The first-order valence-corrected chi connectivity index (χ1v) is 8.65. The minimum Gasteiger partial charge on any atom is -0.489 e. The van der Waals surface area contributed by atoms with Gasteiger partial charge in [0.05, 0.1) is 17.2 Å². The molecule has 1 heterocycles. The number of rotatable bonds is 7. The summed E-state index contributed by atoms with van der Waals surface area (Å²) in [4.78, 5) is 0. The van der Waals surface area contributed by atoms with Crippen molar-refractivity contribution in [1.82, 2.24) is 5.32 Å². The topological polar surface area (TPSA) is 30.5 Å². The lowest BCUT2D eigenvalue weighted by atomic mass is 10.2. The number of ether oxygens (including phenoxy) is 2. The summed E-state index contributed by atoms with van der Waals surface area (Å²) in [5.74, 6) is 1.38. The van der Waals surface area contributed by atoms with E-state index in [1.54, 1.807) is 0 Å². The molecule has 0 spiro atoms. The van der Waals surface area contributed by atoms with Gasteiger partial charge in [0, 0.05) is 11.0 Å². The molecule has 1 aromatic rings. The fraction of sp³-hybridized carbons (Fsp3) is 0.625. The largest absolute Gasteiger partial charge is 0.489 e. The summed E-state index contributed by atoms with van der Waals surface area (Å²) in [7, 11) is 0. The van der Waals surface area contributed by atoms with Crippen molar-refractivity contribution in [3.63, 3.8) is 0 Å². The van der Waals surface area contributed by atoms with Gasteiger partial charge in [0.2, 0.25) is 0 Å². The van der Waals surface area contributed by atoms with Gasteiger partial charge >= 0.3 is 0 Å². The highest BCUT2D eigenvalue weighted by Crippen LogP contribution is 2.29. The van der Waals surface area contributed by atoms with Crippen LogP contribution < -0.4 is 10.1 Å². The quantitative estimate of drug-likeness (QED) is 0.770. The van der Waals surface area contributed by atoms with Crippen molar-refractivity contribution >= 4 is 27.5 Å². The standard InChI is InChI=1S/C16H23BrClNO2/c1-11(2)8-19-9-13-4-5-14(21-13)10-20-16-6-3-12(17)7-15(16)18/h3,6-7,11,13-14,19H,4-5,8-10H2,1-2H3. The monoisotopic (exact) mass is 375 g/mol. The van der Waals surface area contributed by atoms with Crippen molar-refractivity contribution in [1.29, 1.82) is 0 Å². The molecule has 2 rings (SSSR count). The third-order valence-electron chi connectivity index (χ3n) is 3.44. The van der Waals surface area contributed by atoms with Crippen molar-refractivity contribution in [3.05, 3.63) is 27.7 Å². The minimum absolute atomic E-state index is 0.163. The van der Waals surface area contributed by atoms with Crippen LogP contribution in [0, 0.1) is 5.92 Å². The van der Waals surface area contributed by atoms with Gasteiger partial charge < -0.3 is 14.8 Å². The van der Waals surface area contributed by atoms with Crippen molar-refractivity contribution in [2.75, 3.05) is 19.7 Å². The third kappa shape index (κ3) is 5.78. The molecule has 2 unspecified atom stereocenters. The second kappa shape index (κ2) is 8.37. The lowest BCUT2D eigenvalue weighted by molar-refractivity contribution is 0.0184. The molecule has 0 amide bonds. The molecule has 118 valence electrons. The number of nitrogens with one attached hydrogen (secondary N) is 1. The van der Waals surface area contributed by atoms with Gasteiger partial charge in [0.25, 0.3) is 0 Å². The number of halogens is 2. The Kier molecular flexibility index (Phi) is 6.80. The molecule has 2 atom stereocenters. The van der Waals surface area contributed by atoms with E-state index in [1.165, 1.54) is 0 Å². The number of hydrogen-bond donors (Lipinski definition) is 1. The zero-order valence-electron chi connectivity index (χ0n) is 12.6. The molecule has 3 nitrogen and oxygen atoms in total. The highest BCUT2D eigenvalue weighted by molar-refractivity contribution is 9.10. The first-order chi connectivity index (χ1) is 10.0. The molecule has 0 aromatic heterocycles. The van der Waals surface area contributed by atoms with Crippen molar-refractivity contribution in [2.24, 2.45) is 5.92 Å². The highest BCUT2D eigenvalue weighted by atomic mass is 79.9. The van der Waals surface area contributed by atoms with Gasteiger partial charge in [-0.25, -0.2) is 0 Å². The molecule has 0 bridgehead atoms. The van der Waals surface area contributed by atoms with Gasteiger partial charge in [-0.3, -0.25) is 0 Å². The SMILES string of the molecule is CC(C)CNCC1CCC(COc2ccc(Br)cc2Cl)O1. The summed E-state index contributed by atoms with van der Waals surface area (Å²) in [6.45, 7) is 6.94. The second-order valence-corrected chi connectivity index (χ2v) is 7.22. The van der Waals surface area contributed by atoms with Crippen LogP contribution in [-0.2, 0) is 4.74 Å². The molecule has 1 fully saturated rings. The molecule has 5 heteroatoms. The van der Waals surface area contributed by atoms with E-state index in [0.717, 1.165) is 30.4 Å². The van der Waals surface area contributed by atoms with Gasteiger partial charge in [0.15, 0.2) is 0 Å². The molecule has 1 N–H and O–H groups in total. The van der Waals surface area contributed by atoms with E-state index in [4.69, 9.17) is 21.1 Å². The predicted molar refractivity (Wildman–Crippen MR) is 90.2 cm³/mol. The summed E-state index contributed by atoms with van der Waals surface area (Å²) in [5, 5.41) is 4.07. The molecule has 0 aliphatic carbocycles. The van der Waals surface area contributed by atoms with Crippen LogP contribution in [0.1, 0.15) is 26.7 Å². The average molecular weight is 377 g/mol. The van der Waals surface area contributed by atoms with Crippen LogP contribution in [0.5, 0.6) is 5.75 Å². The van der Waals surface area contributed by atoms with E-state index in [2.05, 4.69) is 35.1 Å². The van der Waals surface area contributed by atoms with Gasteiger partial charge in [-0.15, -0.1) is 0 Å². The Labute approximate surface area is 140 Å². The van der Waals surface area contributed by atoms with E-state index in [0.29, 0.717) is 29.4 Å². The van der Waals surface area contributed by atoms with Crippen molar-refractivity contribution in [2.45, 2.75) is 38.9 Å². The summed E-state index contributed by atoms with van der Waals surface area (Å²) < 4.78 is 12.7. The molecule has 1 saturated heterocycles. The van der Waals surface area contributed by atoms with E-state index in [1.807, 2.05) is 18.2 Å². The van der Waals surface area contributed by atoms with Crippen LogP contribution in [-0.4, -0.2) is 31.9 Å². The third-order valence-corrected chi connectivity index (χ3v) is 4.23. The molecule has 0 saturated carbocycles. The van der Waals surface area contributed by atoms with Crippen LogP contribution in [0.15, 0.2) is 22.7 Å². The van der Waals surface area contributed by atoms with Gasteiger partial charge in [-0.05, 0) is 43.5 Å². The maximum atomic E-state index is 6.14. The molecular weight excluding hydrogens is 354 g/mol. The maximum absolute atomic E-state index is 6.14. The first-order valence-electron chi connectivity index (χ1n) is 7.48. The summed E-state index contributed by atoms with van der Waals surface area (Å²) in [5.41, 5.74) is 0. The van der Waals surface area contributed by atoms with Gasteiger partial charge in [0.1, 0.15) is 12.4 Å². The van der Waals surface area contributed by atoms with Crippen LogP contribution in [0.3, 0.4) is 0 Å². The van der Waals surface area contributed by atoms with Crippen molar-refractivity contribution < 1.29 is 9.47 Å². The van der Waals surface area contributed by atoms with Crippen LogP contribution in [0.2, 0.25) is 5.02 Å². The zero-order chi connectivity index (χ0) is 15.2. The fourth-order valence-electron chi connectivity index (χ4n) is 2.36. The Hall–Kier alpha value is -0.290. The lowest BCUT2D eigenvalue weighted by Gasteiger charge is -2.16. The number of benzene rings is 1. The molecule has 21 heavy (non-hydrogen) atoms. The molecule has 1 aromatic carbocycles. The summed E-state index contributed by atoms with van der Waals surface area (Å²) in [6.07, 6.45) is 2.60. The summed E-state index contributed by atoms with van der Waals surface area (Å²) >= 11 is 9.52. The normalized spacial score (nSPS) is 22.0. The minimum atomic E-state index is 0.163. The van der Waals surface area contributed by atoms with E-state index in [9.17, 15) is 0 Å². The molecular formula is C16H23BrClNO2. The van der Waals surface area contributed by atoms with E-state index < -0.39 is 0 Å². The lowest BCUT2D eigenvalue weighted by Crippen LogP contribution is -2.30. The molecule has 0 radical (unpaired) electrons. The summed E-state index contributed by atoms with van der Waals surface area (Å²) in [6, 6.07) is 5.64. The average Bonchev–Trinajstić information content (AvgIpc) is 2.85. The van der Waals surface area contributed by atoms with Gasteiger partial charge in [-0.1, -0.05) is 41.4 Å². The Balaban J connectivity index is 1.70.